The molecule has 3 fully saturated rings. The largest absolute Gasteiger partial charge is 0.369 e. The van der Waals surface area contributed by atoms with Crippen LogP contribution in [0.2, 0.25) is 5.02 Å². The topological polar surface area (TPSA) is 86.8 Å². The van der Waals surface area contributed by atoms with E-state index in [1.54, 1.807) is 12.1 Å². The minimum absolute atomic E-state index is 0.0155. The van der Waals surface area contributed by atoms with Crippen LogP contribution in [0.15, 0.2) is 72.8 Å². The lowest BCUT2D eigenvalue weighted by atomic mass is 9.70. The predicted molar refractivity (Wildman–Crippen MR) is 171 cm³/mol. The molecular formula is C34H38ClN3O4S. The Morgan fingerprint density at radius 1 is 0.953 bits per heavy atom. The van der Waals surface area contributed by atoms with Crippen LogP contribution in [0.4, 0.5) is 5.69 Å². The molecule has 3 aromatic rings. The molecule has 2 atom stereocenters. The van der Waals surface area contributed by atoms with Gasteiger partial charge in [-0.3, -0.25) is 14.5 Å². The highest BCUT2D eigenvalue weighted by Gasteiger charge is 2.65. The second kappa shape index (κ2) is 11.4. The van der Waals surface area contributed by atoms with Gasteiger partial charge in [0, 0.05) is 55.4 Å². The summed E-state index contributed by atoms with van der Waals surface area (Å²) < 4.78 is 28.4. The SMILES string of the molecule is CC1(C)C2CC[C@]1(CS(=O)(=O)NC(=O)c1ccc(N3CCN(Cc4ccccc4-c4ccc(Cl)cc4)CC3)cc1)C(=O)C2. The molecule has 3 aromatic carbocycles. The molecule has 1 amide bonds. The number of halogens is 1. The molecule has 6 rings (SSSR count). The minimum atomic E-state index is -3.99. The van der Waals surface area contributed by atoms with E-state index in [9.17, 15) is 18.0 Å². The van der Waals surface area contributed by atoms with E-state index >= 15 is 0 Å². The van der Waals surface area contributed by atoms with Gasteiger partial charge in [0.15, 0.2) is 0 Å². The summed E-state index contributed by atoms with van der Waals surface area (Å²) in [5.74, 6) is -0.766. The van der Waals surface area contributed by atoms with Gasteiger partial charge in [0.2, 0.25) is 10.0 Å². The normalized spacial score (nSPS) is 23.5. The average molecular weight is 620 g/mol. The number of Topliss-reactive ketones (excluding diaryl/α,β-unsaturated/α-hetero) is 1. The molecule has 0 spiro atoms. The second-order valence-corrected chi connectivity index (χ2v) is 15.0. The summed E-state index contributed by atoms with van der Waals surface area (Å²) in [6.45, 7) is 8.31. The van der Waals surface area contributed by atoms with E-state index in [4.69, 9.17) is 11.6 Å². The third-order valence-corrected chi connectivity index (χ3v) is 11.9. The van der Waals surface area contributed by atoms with Crippen LogP contribution < -0.4 is 9.62 Å². The fraction of sp³-hybridized carbons (Fsp3) is 0.412. The molecule has 2 bridgehead atoms. The predicted octanol–water partition coefficient (Wildman–Crippen LogP) is 5.78. The summed E-state index contributed by atoms with van der Waals surface area (Å²) in [6, 6.07) is 23.5. The van der Waals surface area contributed by atoms with Gasteiger partial charge in [-0.15, -0.1) is 0 Å². The molecule has 2 aliphatic carbocycles. The molecule has 9 heteroatoms. The van der Waals surface area contributed by atoms with Gasteiger partial charge in [0.05, 0.1) is 11.2 Å². The van der Waals surface area contributed by atoms with Crippen molar-refractivity contribution in [3.05, 3.63) is 88.9 Å². The molecule has 43 heavy (non-hydrogen) atoms. The maximum Gasteiger partial charge on any atom is 0.264 e. The molecule has 7 nitrogen and oxygen atoms in total. The van der Waals surface area contributed by atoms with Crippen LogP contribution in [-0.2, 0) is 21.4 Å². The van der Waals surface area contributed by atoms with Crippen molar-refractivity contribution in [3.8, 4) is 11.1 Å². The van der Waals surface area contributed by atoms with Gasteiger partial charge < -0.3 is 4.90 Å². The number of ketones is 1. The first-order valence-electron chi connectivity index (χ1n) is 15.0. The van der Waals surface area contributed by atoms with Gasteiger partial charge in [-0.1, -0.05) is 61.8 Å². The number of piperazine rings is 1. The summed E-state index contributed by atoms with van der Waals surface area (Å²) in [5, 5.41) is 0.726. The molecule has 1 saturated heterocycles. The van der Waals surface area contributed by atoms with Gasteiger partial charge in [0.1, 0.15) is 5.78 Å². The van der Waals surface area contributed by atoms with Crippen LogP contribution in [0.5, 0.6) is 0 Å². The van der Waals surface area contributed by atoms with E-state index in [0.717, 1.165) is 55.4 Å². The Bertz CT molecular complexity index is 1630. The highest BCUT2D eigenvalue weighted by molar-refractivity contribution is 7.90. The van der Waals surface area contributed by atoms with Gasteiger partial charge in [-0.25, -0.2) is 13.1 Å². The monoisotopic (exact) mass is 619 g/mol. The molecule has 1 N–H and O–H groups in total. The number of sulfonamides is 1. The molecule has 1 unspecified atom stereocenters. The van der Waals surface area contributed by atoms with Gasteiger partial charge >= 0.3 is 0 Å². The van der Waals surface area contributed by atoms with Crippen molar-refractivity contribution in [2.75, 3.05) is 36.8 Å². The van der Waals surface area contributed by atoms with Crippen molar-refractivity contribution in [2.45, 2.75) is 39.7 Å². The molecule has 1 aliphatic heterocycles. The highest BCUT2D eigenvalue weighted by atomic mass is 35.5. The average Bonchev–Trinajstić information content (AvgIpc) is 3.32. The summed E-state index contributed by atoms with van der Waals surface area (Å²) >= 11 is 6.09. The third kappa shape index (κ3) is 5.73. The minimum Gasteiger partial charge on any atom is -0.369 e. The molecule has 0 radical (unpaired) electrons. The van der Waals surface area contributed by atoms with E-state index in [2.05, 4.69) is 50.9 Å². The first-order valence-corrected chi connectivity index (χ1v) is 17.0. The standard InChI is InChI=1S/C34H38ClN3O4S/c1-33(2)27-15-16-34(33,31(39)21-27)23-43(41,42)36-32(40)25-9-13-29(14-10-25)38-19-17-37(18-20-38)22-26-5-3-4-6-30(26)24-7-11-28(35)12-8-24/h3-14,27H,15-23H2,1-2H3,(H,36,40)/t27?,34-/m0/s1. The number of hydrogen-bond donors (Lipinski definition) is 1. The van der Waals surface area contributed by atoms with Crippen molar-refractivity contribution < 1.29 is 18.0 Å². The lowest BCUT2D eigenvalue weighted by Gasteiger charge is -2.36. The molecular weight excluding hydrogens is 582 g/mol. The van der Waals surface area contributed by atoms with E-state index in [1.165, 1.54) is 11.1 Å². The molecule has 1 heterocycles. The highest BCUT2D eigenvalue weighted by Crippen LogP contribution is 2.64. The number of nitrogens with zero attached hydrogens (tertiary/aromatic N) is 2. The van der Waals surface area contributed by atoms with Gasteiger partial charge in [-0.2, -0.15) is 0 Å². The number of fused-ring (bicyclic) bond motifs is 2. The third-order valence-electron chi connectivity index (χ3n) is 10.3. The zero-order valence-corrected chi connectivity index (χ0v) is 26.3. The van der Waals surface area contributed by atoms with E-state index < -0.39 is 21.3 Å². The Hall–Kier alpha value is -3.20. The number of amides is 1. The van der Waals surface area contributed by atoms with E-state index in [-0.39, 0.29) is 28.4 Å². The quantitative estimate of drug-likeness (QED) is 0.344. The number of hydrogen-bond acceptors (Lipinski definition) is 6. The van der Waals surface area contributed by atoms with Gasteiger partial charge in [0.25, 0.3) is 5.91 Å². The first kappa shape index (κ1) is 29.9. The van der Waals surface area contributed by atoms with Gasteiger partial charge in [-0.05, 0) is 77.3 Å². The number of nitrogens with one attached hydrogen (secondary N) is 1. The molecule has 3 aliphatic rings. The van der Waals surface area contributed by atoms with Crippen molar-refractivity contribution in [3.63, 3.8) is 0 Å². The maximum absolute atomic E-state index is 13.1. The zero-order valence-electron chi connectivity index (χ0n) is 24.7. The second-order valence-electron chi connectivity index (χ2n) is 12.8. The lowest BCUT2D eigenvalue weighted by molar-refractivity contribution is -0.128. The number of benzene rings is 3. The van der Waals surface area contributed by atoms with Crippen molar-refractivity contribution in [1.82, 2.24) is 9.62 Å². The van der Waals surface area contributed by atoms with E-state index in [1.807, 2.05) is 38.1 Å². The number of anilines is 1. The Morgan fingerprint density at radius 3 is 2.26 bits per heavy atom. The van der Waals surface area contributed by atoms with Crippen molar-refractivity contribution >= 4 is 39.0 Å². The summed E-state index contributed by atoms with van der Waals surface area (Å²) in [5.41, 5.74) is 3.62. The maximum atomic E-state index is 13.1. The Balaban J connectivity index is 1.05. The molecule has 0 aromatic heterocycles. The summed E-state index contributed by atoms with van der Waals surface area (Å²) in [7, 11) is -3.99. The lowest BCUT2D eigenvalue weighted by Crippen LogP contribution is -2.46. The van der Waals surface area contributed by atoms with Crippen LogP contribution in [0, 0.1) is 16.7 Å². The number of carbonyl (C=O) groups is 2. The van der Waals surface area contributed by atoms with Crippen LogP contribution in [0.3, 0.4) is 0 Å². The van der Waals surface area contributed by atoms with E-state index in [0.29, 0.717) is 12.8 Å². The summed E-state index contributed by atoms with van der Waals surface area (Å²) in [4.78, 5) is 30.5. The Labute approximate surface area is 259 Å². The summed E-state index contributed by atoms with van der Waals surface area (Å²) in [6.07, 6.45) is 1.85. The molecule has 2 saturated carbocycles. The Morgan fingerprint density at radius 2 is 1.63 bits per heavy atom. The van der Waals surface area contributed by atoms with Crippen molar-refractivity contribution in [2.24, 2.45) is 16.7 Å². The number of rotatable bonds is 8. The molecule has 226 valence electrons. The van der Waals surface area contributed by atoms with Crippen LogP contribution >= 0.6 is 11.6 Å². The fourth-order valence-corrected chi connectivity index (χ4v) is 9.39. The number of carbonyl (C=O) groups excluding carboxylic acids is 2. The fourth-order valence-electron chi connectivity index (χ4n) is 7.47. The van der Waals surface area contributed by atoms with Crippen LogP contribution in [-0.4, -0.2) is 56.9 Å². The smallest absolute Gasteiger partial charge is 0.264 e. The zero-order chi connectivity index (χ0) is 30.4. The van der Waals surface area contributed by atoms with Crippen molar-refractivity contribution in [1.29, 1.82) is 0 Å². The van der Waals surface area contributed by atoms with Crippen LogP contribution in [0.25, 0.3) is 11.1 Å². The van der Waals surface area contributed by atoms with Crippen LogP contribution in [0.1, 0.15) is 49.0 Å². The Kier molecular flexibility index (Phi) is 7.90. The first-order chi connectivity index (χ1) is 20.5.